The fraction of sp³-hybridized carbons (Fsp3) is 0.118. The van der Waals surface area contributed by atoms with Crippen LogP contribution in [0.3, 0.4) is 0 Å². The third-order valence-electron chi connectivity index (χ3n) is 3.36. The predicted octanol–water partition coefficient (Wildman–Crippen LogP) is 5.16. The van der Waals surface area contributed by atoms with Crippen LogP contribution in [0.1, 0.15) is 0 Å². The van der Waals surface area contributed by atoms with E-state index in [1.807, 2.05) is 36.4 Å². The molecule has 0 aliphatic rings. The number of aromatic nitrogens is 1. The second kappa shape index (κ2) is 6.34. The molecule has 3 rings (SSSR count). The van der Waals surface area contributed by atoms with Crippen LogP contribution < -0.4 is 9.47 Å². The summed E-state index contributed by atoms with van der Waals surface area (Å²) in [5.41, 5.74) is 3.16. The highest BCUT2D eigenvalue weighted by atomic mass is 32.1. The zero-order valence-electron chi connectivity index (χ0n) is 12.3. The predicted molar refractivity (Wildman–Crippen MR) is 93.5 cm³/mol. The van der Waals surface area contributed by atoms with Crippen molar-refractivity contribution in [3.8, 4) is 33.2 Å². The normalized spacial score (nSPS) is 10.5. The van der Waals surface area contributed by atoms with E-state index in [1.54, 1.807) is 25.6 Å². The van der Waals surface area contributed by atoms with Crippen LogP contribution in [0.4, 0.5) is 0 Å². The molecular weight excluding hydrogens is 314 g/mol. The van der Waals surface area contributed by atoms with Crippen LogP contribution in [-0.4, -0.2) is 19.2 Å². The molecule has 1 heterocycles. The lowest BCUT2D eigenvalue weighted by molar-refractivity contribution is 0.355. The van der Waals surface area contributed by atoms with E-state index in [0.717, 1.165) is 25.7 Å². The fourth-order valence-corrected chi connectivity index (χ4v) is 3.53. The maximum atomic E-state index is 5.39. The maximum absolute atomic E-state index is 5.39. The van der Waals surface area contributed by atoms with Gasteiger partial charge < -0.3 is 14.5 Å². The zero-order chi connectivity index (χ0) is 15.5. The first-order chi connectivity index (χ1) is 10.7. The topological polar surface area (TPSA) is 34.2 Å². The number of methoxy groups -OCH3 is 2. The minimum absolute atomic E-state index is 0.699. The van der Waals surface area contributed by atoms with Crippen molar-refractivity contribution in [2.75, 3.05) is 14.2 Å². The Balaban J connectivity index is 2.15. The average Bonchev–Trinajstić information content (AvgIpc) is 2.97. The molecular formula is C17H15NO2S2. The van der Waals surface area contributed by atoms with Crippen LogP contribution in [0.25, 0.3) is 21.7 Å². The number of hydrogen-bond acceptors (Lipinski definition) is 4. The monoisotopic (exact) mass is 329 g/mol. The molecule has 0 fully saturated rings. The first kappa shape index (κ1) is 14.8. The van der Waals surface area contributed by atoms with Crippen LogP contribution >= 0.6 is 23.6 Å². The molecule has 0 atom stereocenters. The minimum Gasteiger partial charge on any atom is -0.493 e. The molecule has 22 heavy (non-hydrogen) atoms. The van der Waals surface area contributed by atoms with Gasteiger partial charge in [0, 0.05) is 5.56 Å². The first-order valence-corrected chi connectivity index (χ1v) is 7.96. The minimum atomic E-state index is 0.699. The standard InChI is InChI=1S/C17H15NO2S2/c1-19-13-9-8-12(10-14(13)20-2)15-16(22-17(21)18-15)11-6-4-3-5-7-11/h3-10H,1-2H3,(H,18,21). The van der Waals surface area contributed by atoms with Gasteiger partial charge in [0.2, 0.25) is 0 Å². The summed E-state index contributed by atoms with van der Waals surface area (Å²) in [7, 11) is 3.26. The third kappa shape index (κ3) is 2.77. The Morgan fingerprint density at radius 3 is 2.32 bits per heavy atom. The molecule has 0 aliphatic carbocycles. The third-order valence-corrected chi connectivity index (χ3v) is 4.64. The Labute approximate surface area is 138 Å². The molecule has 0 amide bonds. The number of nitrogens with one attached hydrogen (secondary N) is 1. The van der Waals surface area contributed by atoms with Gasteiger partial charge >= 0.3 is 0 Å². The quantitative estimate of drug-likeness (QED) is 0.672. The highest BCUT2D eigenvalue weighted by Crippen LogP contribution is 2.38. The Kier molecular flexibility index (Phi) is 4.27. The molecule has 1 aromatic heterocycles. The number of hydrogen-bond donors (Lipinski definition) is 1. The van der Waals surface area contributed by atoms with E-state index < -0.39 is 0 Å². The lowest BCUT2D eigenvalue weighted by Crippen LogP contribution is -1.91. The number of ether oxygens (including phenoxy) is 2. The summed E-state index contributed by atoms with van der Waals surface area (Å²) in [6, 6.07) is 16.1. The van der Waals surface area contributed by atoms with Crippen LogP contribution in [0.5, 0.6) is 11.5 Å². The average molecular weight is 329 g/mol. The van der Waals surface area contributed by atoms with Gasteiger partial charge in [-0.2, -0.15) is 0 Å². The number of H-pyrrole nitrogens is 1. The molecule has 5 heteroatoms. The van der Waals surface area contributed by atoms with Gasteiger partial charge in [0.25, 0.3) is 0 Å². The van der Waals surface area contributed by atoms with Crippen molar-refractivity contribution >= 4 is 23.6 Å². The van der Waals surface area contributed by atoms with Crippen LogP contribution in [-0.2, 0) is 0 Å². The first-order valence-electron chi connectivity index (χ1n) is 6.74. The summed E-state index contributed by atoms with van der Waals surface area (Å²) < 4.78 is 11.4. The van der Waals surface area contributed by atoms with E-state index in [-0.39, 0.29) is 0 Å². The summed E-state index contributed by atoms with van der Waals surface area (Å²) in [5.74, 6) is 1.41. The van der Waals surface area contributed by atoms with E-state index in [9.17, 15) is 0 Å². The summed E-state index contributed by atoms with van der Waals surface area (Å²) in [4.78, 5) is 4.41. The molecule has 112 valence electrons. The van der Waals surface area contributed by atoms with E-state index in [2.05, 4.69) is 17.1 Å². The molecule has 0 saturated carbocycles. The van der Waals surface area contributed by atoms with Crippen molar-refractivity contribution in [2.24, 2.45) is 0 Å². The molecule has 0 aliphatic heterocycles. The Bertz CT molecular complexity index is 837. The summed E-state index contributed by atoms with van der Waals surface area (Å²) in [6.07, 6.45) is 0. The Hall–Kier alpha value is -2.11. The highest BCUT2D eigenvalue weighted by Gasteiger charge is 2.13. The van der Waals surface area contributed by atoms with Gasteiger partial charge in [-0.1, -0.05) is 30.3 Å². The SMILES string of the molecule is COc1ccc(-c2[nH]c(=S)sc2-c2ccccc2)cc1OC. The largest absolute Gasteiger partial charge is 0.493 e. The van der Waals surface area contributed by atoms with Crippen molar-refractivity contribution in [2.45, 2.75) is 0 Å². The van der Waals surface area contributed by atoms with Gasteiger partial charge in [-0.3, -0.25) is 0 Å². The van der Waals surface area contributed by atoms with Crippen LogP contribution in [0.15, 0.2) is 48.5 Å². The second-order valence-corrected chi connectivity index (χ2v) is 6.34. The molecule has 0 bridgehead atoms. The number of benzene rings is 2. The summed E-state index contributed by atoms with van der Waals surface area (Å²) in [5, 5.41) is 0. The molecule has 1 N–H and O–H groups in total. The Morgan fingerprint density at radius 2 is 1.64 bits per heavy atom. The van der Waals surface area contributed by atoms with Crippen LogP contribution in [0.2, 0.25) is 0 Å². The summed E-state index contributed by atoms with van der Waals surface area (Å²) >= 11 is 6.91. The molecule has 3 nitrogen and oxygen atoms in total. The maximum Gasteiger partial charge on any atom is 0.161 e. The van der Waals surface area contributed by atoms with Crippen molar-refractivity contribution in [3.05, 3.63) is 52.5 Å². The fourth-order valence-electron chi connectivity index (χ4n) is 2.32. The van der Waals surface area contributed by atoms with Crippen molar-refractivity contribution in [1.82, 2.24) is 4.98 Å². The lowest BCUT2D eigenvalue weighted by atomic mass is 10.1. The molecule has 0 spiro atoms. The number of aromatic amines is 1. The van der Waals surface area contributed by atoms with Crippen molar-refractivity contribution in [3.63, 3.8) is 0 Å². The van der Waals surface area contributed by atoms with Crippen LogP contribution in [0, 0.1) is 3.95 Å². The van der Waals surface area contributed by atoms with Gasteiger partial charge in [0.1, 0.15) is 0 Å². The number of rotatable bonds is 4. The lowest BCUT2D eigenvalue weighted by Gasteiger charge is -2.10. The van der Waals surface area contributed by atoms with Crippen molar-refractivity contribution < 1.29 is 9.47 Å². The smallest absolute Gasteiger partial charge is 0.161 e. The summed E-state index contributed by atoms with van der Waals surface area (Å²) in [6.45, 7) is 0. The zero-order valence-corrected chi connectivity index (χ0v) is 13.9. The van der Waals surface area contributed by atoms with Gasteiger partial charge in [-0.05, 0) is 36.0 Å². The van der Waals surface area contributed by atoms with Crippen molar-refractivity contribution in [1.29, 1.82) is 0 Å². The molecule has 2 aromatic carbocycles. The van der Waals surface area contributed by atoms with E-state index in [4.69, 9.17) is 21.7 Å². The van der Waals surface area contributed by atoms with E-state index >= 15 is 0 Å². The molecule has 0 saturated heterocycles. The number of thiazole rings is 1. The second-order valence-electron chi connectivity index (χ2n) is 4.65. The molecule has 0 radical (unpaired) electrons. The van der Waals surface area contributed by atoms with E-state index in [0.29, 0.717) is 11.5 Å². The molecule has 0 unspecified atom stereocenters. The van der Waals surface area contributed by atoms with Gasteiger partial charge in [-0.25, -0.2) is 0 Å². The van der Waals surface area contributed by atoms with Gasteiger partial charge in [-0.15, -0.1) is 11.3 Å². The van der Waals surface area contributed by atoms with Gasteiger partial charge in [0.15, 0.2) is 15.5 Å². The highest BCUT2D eigenvalue weighted by molar-refractivity contribution is 7.73. The van der Waals surface area contributed by atoms with Gasteiger partial charge in [0.05, 0.1) is 24.8 Å². The Morgan fingerprint density at radius 1 is 0.909 bits per heavy atom. The van der Waals surface area contributed by atoms with E-state index in [1.165, 1.54) is 0 Å². The molecule has 3 aromatic rings.